The van der Waals surface area contributed by atoms with Gasteiger partial charge in [0.25, 0.3) is 0 Å². The van der Waals surface area contributed by atoms with Crippen molar-refractivity contribution in [1.29, 1.82) is 0 Å². The van der Waals surface area contributed by atoms with Crippen molar-refractivity contribution in [2.24, 2.45) is 0 Å². The molecule has 1 aromatic carbocycles. The summed E-state index contributed by atoms with van der Waals surface area (Å²) >= 11 is 0. The van der Waals surface area contributed by atoms with Gasteiger partial charge in [0.1, 0.15) is 17.1 Å². The second-order valence-electron chi connectivity index (χ2n) is 7.01. The van der Waals surface area contributed by atoms with Gasteiger partial charge in [0.15, 0.2) is 0 Å². The van der Waals surface area contributed by atoms with Gasteiger partial charge in [-0.25, -0.2) is 4.79 Å². The minimum Gasteiger partial charge on any atom is -0.497 e. The Balaban J connectivity index is 2.09. The molecule has 6 heteroatoms. The van der Waals surface area contributed by atoms with Crippen LogP contribution in [-0.2, 0) is 4.74 Å². The van der Waals surface area contributed by atoms with Crippen molar-refractivity contribution >= 4 is 11.8 Å². The highest BCUT2D eigenvalue weighted by molar-refractivity contribution is 5.69. The first-order chi connectivity index (χ1) is 11.2. The molecule has 0 saturated carbocycles. The molecule has 1 atom stereocenters. The molecule has 6 nitrogen and oxygen atoms in total. The molecular formula is C18H28N2O4. The molecule has 0 aliphatic carbocycles. The van der Waals surface area contributed by atoms with Crippen molar-refractivity contribution in [2.75, 3.05) is 38.8 Å². The van der Waals surface area contributed by atoms with Crippen LogP contribution in [0.2, 0.25) is 0 Å². The molecule has 24 heavy (non-hydrogen) atoms. The summed E-state index contributed by atoms with van der Waals surface area (Å²) in [6.07, 6.45) is -0.253. The van der Waals surface area contributed by atoms with E-state index in [1.165, 1.54) is 0 Å². The Labute approximate surface area is 144 Å². The highest BCUT2D eigenvalue weighted by Gasteiger charge is 2.31. The zero-order valence-electron chi connectivity index (χ0n) is 15.5. The van der Waals surface area contributed by atoms with Crippen LogP contribution in [-0.4, -0.2) is 56.5 Å². The van der Waals surface area contributed by atoms with E-state index in [2.05, 4.69) is 4.90 Å². The molecule has 1 saturated heterocycles. The van der Waals surface area contributed by atoms with Crippen LogP contribution in [0, 0.1) is 0 Å². The van der Waals surface area contributed by atoms with Crippen LogP contribution in [0.25, 0.3) is 0 Å². The van der Waals surface area contributed by atoms with Gasteiger partial charge in [-0.05, 0) is 39.8 Å². The van der Waals surface area contributed by atoms with Gasteiger partial charge in [0.05, 0.1) is 19.9 Å². The third-order valence-corrected chi connectivity index (χ3v) is 3.98. The Hall–Kier alpha value is -2.11. The summed E-state index contributed by atoms with van der Waals surface area (Å²) in [5.74, 6) is 1.53. The number of carbonyl (C=O) groups is 1. The molecule has 0 N–H and O–H groups in total. The lowest BCUT2D eigenvalue weighted by molar-refractivity contribution is 0.0159. The van der Waals surface area contributed by atoms with Crippen LogP contribution >= 0.6 is 0 Å². The van der Waals surface area contributed by atoms with Crippen LogP contribution < -0.4 is 14.4 Å². The molecule has 0 bridgehead atoms. The molecule has 0 unspecified atom stereocenters. The summed E-state index contributed by atoms with van der Waals surface area (Å²) in [6.45, 7) is 9.75. The fourth-order valence-electron chi connectivity index (χ4n) is 2.81. The highest BCUT2D eigenvalue weighted by atomic mass is 16.6. The average molecular weight is 336 g/mol. The number of hydrogen-bond acceptors (Lipinski definition) is 5. The van der Waals surface area contributed by atoms with E-state index < -0.39 is 5.60 Å². The standard InChI is InChI=1S/C18H28N2O4/c1-13-12-19(9-10-20(13)17(21)24-18(2,3)4)15-8-7-14(22-5)11-16(15)23-6/h7-8,11,13H,9-10,12H2,1-6H3/t13-/m1/s1. The van der Waals surface area contributed by atoms with Crippen molar-refractivity contribution in [3.8, 4) is 11.5 Å². The van der Waals surface area contributed by atoms with E-state index in [9.17, 15) is 4.79 Å². The molecule has 134 valence electrons. The molecule has 1 aromatic rings. The molecule has 2 rings (SSSR count). The molecule has 1 aliphatic heterocycles. The van der Waals surface area contributed by atoms with Crippen molar-refractivity contribution in [3.63, 3.8) is 0 Å². The number of amides is 1. The maximum absolute atomic E-state index is 12.3. The summed E-state index contributed by atoms with van der Waals surface area (Å²) in [5, 5.41) is 0. The fraction of sp³-hybridized carbons (Fsp3) is 0.611. The van der Waals surface area contributed by atoms with E-state index >= 15 is 0 Å². The summed E-state index contributed by atoms with van der Waals surface area (Å²) in [5.41, 5.74) is 0.529. The molecule has 0 radical (unpaired) electrons. The van der Waals surface area contributed by atoms with Gasteiger partial charge in [0.2, 0.25) is 0 Å². The molecular weight excluding hydrogens is 308 g/mol. The summed E-state index contributed by atoms with van der Waals surface area (Å²) in [7, 11) is 3.29. The van der Waals surface area contributed by atoms with Crippen LogP contribution in [0.15, 0.2) is 18.2 Å². The first-order valence-electron chi connectivity index (χ1n) is 8.21. The molecule has 1 amide bonds. The topological polar surface area (TPSA) is 51.2 Å². The molecule has 1 fully saturated rings. The van der Waals surface area contributed by atoms with Crippen molar-refractivity contribution in [2.45, 2.75) is 39.3 Å². The van der Waals surface area contributed by atoms with Crippen LogP contribution in [0.3, 0.4) is 0 Å². The normalized spacial score (nSPS) is 18.3. The lowest BCUT2D eigenvalue weighted by Crippen LogP contribution is -2.55. The summed E-state index contributed by atoms with van der Waals surface area (Å²) in [4.78, 5) is 16.3. The Morgan fingerprint density at radius 1 is 1.17 bits per heavy atom. The predicted molar refractivity (Wildman–Crippen MR) is 94.2 cm³/mol. The van der Waals surface area contributed by atoms with Crippen LogP contribution in [0.4, 0.5) is 10.5 Å². The SMILES string of the molecule is COc1ccc(N2CCN(C(=O)OC(C)(C)C)[C@H](C)C2)c(OC)c1. The molecule has 1 aliphatic rings. The van der Waals surface area contributed by atoms with Gasteiger partial charge in [-0.1, -0.05) is 0 Å². The molecule has 1 heterocycles. The van der Waals surface area contributed by atoms with E-state index in [1.807, 2.05) is 45.9 Å². The number of carbonyl (C=O) groups excluding carboxylic acids is 1. The number of anilines is 1. The molecule has 0 spiro atoms. The number of methoxy groups -OCH3 is 2. The minimum atomic E-state index is -0.479. The van der Waals surface area contributed by atoms with Gasteiger partial charge >= 0.3 is 6.09 Å². The van der Waals surface area contributed by atoms with E-state index in [0.29, 0.717) is 6.54 Å². The van der Waals surface area contributed by atoms with Gasteiger partial charge in [-0.3, -0.25) is 0 Å². The maximum atomic E-state index is 12.3. The lowest BCUT2D eigenvalue weighted by Gasteiger charge is -2.41. The summed E-state index contributed by atoms with van der Waals surface area (Å²) in [6, 6.07) is 5.84. The zero-order valence-corrected chi connectivity index (χ0v) is 15.5. The number of nitrogens with zero attached hydrogens (tertiary/aromatic N) is 2. The van der Waals surface area contributed by atoms with Crippen LogP contribution in [0.5, 0.6) is 11.5 Å². The number of hydrogen-bond donors (Lipinski definition) is 0. The Kier molecular flexibility index (Phi) is 5.47. The highest BCUT2D eigenvalue weighted by Crippen LogP contribution is 2.33. The largest absolute Gasteiger partial charge is 0.497 e. The minimum absolute atomic E-state index is 0.0559. The third-order valence-electron chi connectivity index (χ3n) is 3.98. The van der Waals surface area contributed by atoms with Gasteiger partial charge in [-0.15, -0.1) is 0 Å². The second kappa shape index (κ2) is 7.20. The quantitative estimate of drug-likeness (QED) is 0.849. The maximum Gasteiger partial charge on any atom is 0.410 e. The zero-order chi connectivity index (χ0) is 17.9. The van der Waals surface area contributed by atoms with Gasteiger partial charge in [-0.2, -0.15) is 0 Å². The predicted octanol–water partition coefficient (Wildman–Crippen LogP) is 3.15. The average Bonchev–Trinajstić information content (AvgIpc) is 2.52. The number of piperazine rings is 1. The number of benzene rings is 1. The van der Waals surface area contributed by atoms with Crippen molar-refractivity contribution in [1.82, 2.24) is 4.90 Å². The van der Waals surface area contributed by atoms with E-state index in [4.69, 9.17) is 14.2 Å². The smallest absolute Gasteiger partial charge is 0.410 e. The van der Waals surface area contributed by atoms with Crippen molar-refractivity contribution in [3.05, 3.63) is 18.2 Å². The van der Waals surface area contributed by atoms with Gasteiger partial charge in [0, 0.05) is 31.7 Å². The second-order valence-corrected chi connectivity index (χ2v) is 7.01. The Morgan fingerprint density at radius 2 is 1.88 bits per heavy atom. The van der Waals surface area contributed by atoms with Gasteiger partial charge < -0.3 is 24.0 Å². The third kappa shape index (κ3) is 4.24. The summed E-state index contributed by atoms with van der Waals surface area (Å²) < 4.78 is 16.2. The van der Waals surface area contributed by atoms with E-state index in [1.54, 1.807) is 19.1 Å². The first kappa shape index (κ1) is 18.2. The Morgan fingerprint density at radius 3 is 2.42 bits per heavy atom. The lowest BCUT2D eigenvalue weighted by atomic mass is 10.1. The first-order valence-corrected chi connectivity index (χ1v) is 8.21. The number of rotatable bonds is 3. The van der Waals surface area contributed by atoms with E-state index in [0.717, 1.165) is 30.3 Å². The number of ether oxygens (including phenoxy) is 3. The fourth-order valence-corrected chi connectivity index (χ4v) is 2.81. The monoisotopic (exact) mass is 336 g/mol. The van der Waals surface area contributed by atoms with Crippen molar-refractivity contribution < 1.29 is 19.0 Å². The molecule has 0 aromatic heterocycles. The van der Waals surface area contributed by atoms with E-state index in [-0.39, 0.29) is 12.1 Å². The Bertz CT molecular complexity index is 583. The van der Waals surface area contributed by atoms with Crippen LogP contribution in [0.1, 0.15) is 27.7 Å².